The van der Waals surface area contributed by atoms with Gasteiger partial charge in [0.15, 0.2) is 11.5 Å². The zero-order chi connectivity index (χ0) is 22.8. The van der Waals surface area contributed by atoms with Crippen LogP contribution in [-0.2, 0) is 4.79 Å². The van der Waals surface area contributed by atoms with E-state index >= 15 is 0 Å². The summed E-state index contributed by atoms with van der Waals surface area (Å²) < 4.78 is 11.1. The lowest BCUT2D eigenvalue weighted by Crippen LogP contribution is -2.48. The number of rotatable bonds is 10. The van der Waals surface area contributed by atoms with Crippen LogP contribution < -0.4 is 20.2 Å². The summed E-state index contributed by atoms with van der Waals surface area (Å²) in [7, 11) is 1.57. The van der Waals surface area contributed by atoms with Crippen molar-refractivity contribution >= 4 is 18.0 Å². The van der Waals surface area contributed by atoms with Crippen molar-refractivity contribution in [3.05, 3.63) is 59.2 Å². The van der Waals surface area contributed by atoms with Crippen molar-refractivity contribution in [2.24, 2.45) is 11.0 Å². The van der Waals surface area contributed by atoms with E-state index in [0.29, 0.717) is 29.2 Å². The molecule has 2 aromatic carbocycles. The van der Waals surface area contributed by atoms with Crippen LogP contribution in [0.4, 0.5) is 0 Å². The van der Waals surface area contributed by atoms with E-state index in [9.17, 15) is 9.59 Å². The van der Waals surface area contributed by atoms with E-state index in [-0.39, 0.29) is 11.8 Å². The van der Waals surface area contributed by atoms with Crippen LogP contribution in [0.15, 0.2) is 47.6 Å². The number of methoxy groups -OCH3 is 1. The maximum absolute atomic E-state index is 12.7. The van der Waals surface area contributed by atoms with Gasteiger partial charge in [0.05, 0.1) is 19.9 Å². The Morgan fingerprint density at radius 3 is 2.45 bits per heavy atom. The molecule has 0 saturated carbocycles. The Balaban J connectivity index is 2.09. The maximum atomic E-state index is 12.7. The number of amides is 2. The zero-order valence-corrected chi connectivity index (χ0v) is 18.8. The summed E-state index contributed by atoms with van der Waals surface area (Å²) in [6.07, 6.45) is 2.35. The molecule has 2 N–H and O–H groups in total. The molecule has 0 fully saturated rings. The fraction of sp³-hybridized carbons (Fsp3) is 0.375. The molecule has 166 valence electrons. The highest BCUT2D eigenvalue weighted by Gasteiger charge is 2.24. The van der Waals surface area contributed by atoms with Gasteiger partial charge in [-0.2, -0.15) is 5.10 Å². The van der Waals surface area contributed by atoms with Gasteiger partial charge in [-0.05, 0) is 43.5 Å². The van der Waals surface area contributed by atoms with Crippen LogP contribution in [0.2, 0.25) is 0 Å². The van der Waals surface area contributed by atoms with Crippen LogP contribution >= 0.6 is 0 Å². The molecule has 0 saturated heterocycles. The third kappa shape index (κ3) is 6.84. The number of carbonyl (C=O) groups excluding carboxylic acids is 2. The Morgan fingerprint density at radius 2 is 1.84 bits per heavy atom. The molecule has 2 aromatic rings. The Bertz CT molecular complexity index is 908. The Morgan fingerprint density at radius 1 is 1.13 bits per heavy atom. The van der Waals surface area contributed by atoms with Gasteiger partial charge in [-0.25, -0.2) is 5.43 Å². The van der Waals surface area contributed by atoms with E-state index in [4.69, 9.17) is 9.47 Å². The van der Waals surface area contributed by atoms with Crippen LogP contribution in [0.1, 0.15) is 48.7 Å². The first-order chi connectivity index (χ1) is 14.9. The van der Waals surface area contributed by atoms with Crippen LogP contribution in [0, 0.1) is 12.8 Å². The van der Waals surface area contributed by atoms with Crippen molar-refractivity contribution in [2.45, 2.75) is 40.2 Å². The lowest BCUT2D eigenvalue weighted by Gasteiger charge is -2.20. The number of hydrogen-bond acceptors (Lipinski definition) is 5. The number of nitrogens with zero attached hydrogens (tertiary/aromatic N) is 1. The second kappa shape index (κ2) is 11.7. The molecule has 0 aliphatic carbocycles. The fourth-order valence-electron chi connectivity index (χ4n) is 2.85. The van der Waals surface area contributed by atoms with Gasteiger partial charge in [-0.1, -0.05) is 44.5 Å². The summed E-state index contributed by atoms with van der Waals surface area (Å²) >= 11 is 0. The average molecular weight is 426 g/mol. The lowest BCUT2D eigenvalue weighted by molar-refractivity contribution is -0.123. The molecular formula is C24H31N3O4. The number of para-hydroxylation sites is 1. The van der Waals surface area contributed by atoms with Crippen molar-refractivity contribution in [3.8, 4) is 11.5 Å². The molecule has 31 heavy (non-hydrogen) atoms. The highest BCUT2D eigenvalue weighted by atomic mass is 16.5. The summed E-state index contributed by atoms with van der Waals surface area (Å²) in [6.45, 7) is 8.23. The molecule has 7 heteroatoms. The second-order valence-electron chi connectivity index (χ2n) is 7.52. The largest absolute Gasteiger partial charge is 0.493 e. The first-order valence-corrected chi connectivity index (χ1v) is 10.4. The van der Waals surface area contributed by atoms with Crippen LogP contribution in [-0.4, -0.2) is 37.8 Å². The van der Waals surface area contributed by atoms with Crippen LogP contribution in [0.25, 0.3) is 0 Å². The van der Waals surface area contributed by atoms with E-state index in [1.807, 2.05) is 52.0 Å². The maximum Gasteiger partial charge on any atom is 0.262 e. The van der Waals surface area contributed by atoms with Crippen LogP contribution in [0.5, 0.6) is 11.5 Å². The first kappa shape index (κ1) is 23.9. The first-order valence-electron chi connectivity index (χ1n) is 10.4. The molecule has 1 atom stereocenters. The Labute approximate surface area is 183 Å². The second-order valence-corrected chi connectivity index (χ2v) is 7.52. The number of benzene rings is 2. The van der Waals surface area contributed by atoms with Crippen molar-refractivity contribution in [2.75, 3.05) is 13.7 Å². The molecule has 7 nitrogen and oxygen atoms in total. The molecule has 0 spiro atoms. The molecule has 0 aliphatic rings. The van der Waals surface area contributed by atoms with Gasteiger partial charge < -0.3 is 14.8 Å². The summed E-state index contributed by atoms with van der Waals surface area (Å²) in [5.74, 6) is 0.337. The van der Waals surface area contributed by atoms with Crippen molar-refractivity contribution < 1.29 is 19.1 Å². The normalized spacial score (nSPS) is 11.9. The molecule has 0 bridgehead atoms. The number of hydrogen-bond donors (Lipinski definition) is 2. The Kier molecular flexibility index (Phi) is 9.06. The van der Waals surface area contributed by atoms with Crippen LogP contribution in [0.3, 0.4) is 0 Å². The van der Waals surface area contributed by atoms with Gasteiger partial charge in [0, 0.05) is 11.1 Å². The summed E-state index contributed by atoms with van der Waals surface area (Å²) in [6, 6.07) is 11.9. The molecule has 2 amide bonds. The predicted octanol–water partition coefficient (Wildman–Crippen LogP) is 3.70. The minimum absolute atomic E-state index is 0.120. The number of ether oxygens (including phenoxy) is 2. The average Bonchev–Trinajstić information content (AvgIpc) is 2.76. The van der Waals surface area contributed by atoms with E-state index in [1.54, 1.807) is 25.3 Å². The van der Waals surface area contributed by atoms with Gasteiger partial charge in [-0.3, -0.25) is 9.59 Å². The van der Waals surface area contributed by atoms with Gasteiger partial charge in [0.1, 0.15) is 6.04 Å². The van der Waals surface area contributed by atoms with Gasteiger partial charge in [0.2, 0.25) is 0 Å². The van der Waals surface area contributed by atoms with Gasteiger partial charge in [-0.15, -0.1) is 0 Å². The van der Waals surface area contributed by atoms with Gasteiger partial charge >= 0.3 is 0 Å². The third-order valence-corrected chi connectivity index (χ3v) is 4.61. The highest BCUT2D eigenvalue weighted by molar-refractivity contribution is 5.97. The fourth-order valence-corrected chi connectivity index (χ4v) is 2.85. The molecular weight excluding hydrogens is 394 g/mol. The minimum Gasteiger partial charge on any atom is -0.493 e. The molecule has 1 unspecified atom stereocenters. The van der Waals surface area contributed by atoms with E-state index in [1.165, 1.54) is 6.21 Å². The van der Waals surface area contributed by atoms with Crippen molar-refractivity contribution in [3.63, 3.8) is 0 Å². The third-order valence-electron chi connectivity index (χ3n) is 4.61. The summed E-state index contributed by atoms with van der Waals surface area (Å²) in [4.78, 5) is 25.2. The zero-order valence-electron chi connectivity index (χ0n) is 18.8. The molecule has 0 radical (unpaired) electrons. The molecule has 2 rings (SSSR count). The highest BCUT2D eigenvalue weighted by Crippen LogP contribution is 2.30. The predicted molar refractivity (Wildman–Crippen MR) is 122 cm³/mol. The smallest absolute Gasteiger partial charge is 0.262 e. The molecule has 0 aliphatic heterocycles. The van der Waals surface area contributed by atoms with E-state index in [0.717, 1.165) is 12.0 Å². The number of hydrazone groups is 1. The van der Waals surface area contributed by atoms with E-state index in [2.05, 4.69) is 15.8 Å². The number of carbonyl (C=O) groups is 2. The number of nitrogens with one attached hydrogen (secondary N) is 2. The minimum atomic E-state index is -0.730. The standard InChI is InChI=1S/C24H31N3O4/c1-6-14-31-22-19(8-7-9-20(22)30-5)15-25-27-24(29)21(16(2)3)26-23(28)18-12-10-17(4)11-13-18/h7-13,15-16,21H,6,14H2,1-5H3,(H,26,28)(H,27,29)/b25-15-. The SMILES string of the molecule is CCCOc1c(/C=N\NC(=O)C(NC(=O)c2ccc(C)cc2)C(C)C)cccc1OC. The quantitative estimate of drug-likeness (QED) is 0.449. The lowest BCUT2D eigenvalue weighted by atomic mass is 10.0. The topological polar surface area (TPSA) is 89.0 Å². The Hall–Kier alpha value is -3.35. The van der Waals surface area contributed by atoms with Gasteiger partial charge in [0.25, 0.3) is 11.8 Å². The van der Waals surface area contributed by atoms with E-state index < -0.39 is 11.9 Å². The molecule has 0 heterocycles. The van der Waals surface area contributed by atoms with Crippen molar-refractivity contribution in [1.29, 1.82) is 0 Å². The number of aryl methyl sites for hydroxylation is 1. The molecule has 0 aromatic heterocycles. The van der Waals surface area contributed by atoms with Crippen molar-refractivity contribution in [1.82, 2.24) is 10.7 Å². The monoisotopic (exact) mass is 425 g/mol. The summed E-state index contributed by atoms with van der Waals surface area (Å²) in [5.41, 5.74) is 4.76. The summed E-state index contributed by atoms with van der Waals surface area (Å²) in [5, 5.41) is 6.86.